The number of halogens is 1. The van der Waals surface area contributed by atoms with Crippen LogP contribution in [0, 0.1) is 11.3 Å². The zero-order valence-electron chi connectivity index (χ0n) is 12.6. The van der Waals surface area contributed by atoms with Crippen LogP contribution < -0.4 is 0 Å². The highest BCUT2D eigenvalue weighted by atomic mass is 35.5. The fourth-order valence-electron chi connectivity index (χ4n) is 2.37. The Morgan fingerprint density at radius 2 is 1.62 bits per heavy atom. The smallest absolute Gasteiger partial charge is 0.175 e. The second kappa shape index (κ2) is 6.11. The van der Waals surface area contributed by atoms with Crippen LogP contribution in [0.2, 0.25) is 5.15 Å². The van der Waals surface area contributed by atoms with E-state index < -0.39 is 9.84 Å². The van der Waals surface area contributed by atoms with Crippen LogP contribution in [-0.2, 0) is 9.84 Å². The van der Waals surface area contributed by atoms with E-state index in [2.05, 4.69) is 16.3 Å². The first-order valence-electron chi connectivity index (χ1n) is 6.95. The van der Waals surface area contributed by atoms with Crippen molar-refractivity contribution in [2.45, 2.75) is 4.90 Å². The fourth-order valence-corrected chi connectivity index (χ4v) is 3.25. The molecule has 0 fully saturated rings. The first kappa shape index (κ1) is 16.2. The van der Waals surface area contributed by atoms with Gasteiger partial charge in [0.2, 0.25) is 0 Å². The van der Waals surface area contributed by atoms with Crippen LogP contribution in [0.1, 0.15) is 5.56 Å². The van der Waals surface area contributed by atoms with Gasteiger partial charge in [-0.1, -0.05) is 35.9 Å². The monoisotopic (exact) mass is 357 g/mol. The number of benzene rings is 2. The molecule has 0 amide bonds. The summed E-state index contributed by atoms with van der Waals surface area (Å²) in [5, 5.41) is 16.1. The molecule has 0 aliphatic heterocycles. The number of hydrogen-bond donors (Lipinski definition) is 1. The molecule has 0 radical (unpaired) electrons. The normalized spacial score (nSPS) is 11.2. The van der Waals surface area contributed by atoms with Gasteiger partial charge in [-0.05, 0) is 29.8 Å². The minimum atomic E-state index is -3.25. The van der Waals surface area contributed by atoms with Gasteiger partial charge in [-0.2, -0.15) is 10.4 Å². The number of nitriles is 1. The lowest BCUT2D eigenvalue weighted by Gasteiger charge is -2.06. The highest BCUT2D eigenvalue weighted by molar-refractivity contribution is 7.90. The molecule has 3 aromatic rings. The van der Waals surface area contributed by atoms with Gasteiger partial charge in [-0.15, -0.1) is 0 Å². The Labute approximate surface area is 144 Å². The summed E-state index contributed by atoms with van der Waals surface area (Å²) in [5.74, 6) is 0. The molecule has 0 saturated carbocycles. The van der Waals surface area contributed by atoms with E-state index in [0.717, 1.165) is 17.4 Å². The Morgan fingerprint density at radius 3 is 2.17 bits per heavy atom. The maximum absolute atomic E-state index is 11.6. The lowest BCUT2D eigenvalue weighted by Crippen LogP contribution is -1.96. The molecule has 0 atom stereocenters. The number of aromatic amines is 1. The Kier molecular flexibility index (Phi) is 4.14. The number of aromatic nitrogens is 2. The summed E-state index contributed by atoms with van der Waals surface area (Å²) in [6.07, 6.45) is 1.16. The van der Waals surface area contributed by atoms with Crippen molar-refractivity contribution in [2.24, 2.45) is 0 Å². The van der Waals surface area contributed by atoms with E-state index in [0.29, 0.717) is 22.0 Å². The first-order valence-corrected chi connectivity index (χ1v) is 9.22. The molecule has 0 bridgehead atoms. The molecule has 5 nitrogen and oxygen atoms in total. The summed E-state index contributed by atoms with van der Waals surface area (Å²) in [7, 11) is -3.25. The number of sulfone groups is 1. The maximum Gasteiger partial charge on any atom is 0.175 e. The molecule has 0 aliphatic rings. The SMILES string of the molecule is CS(=O)(=O)c1ccc(-c2[nH]nc(Cl)c2-c2ccc(C#N)cc2)cc1. The van der Waals surface area contributed by atoms with Crippen LogP contribution in [0.15, 0.2) is 53.4 Å². The number of nitrogens with one attached hydrogen (secondary N) is 1. The second-order valence-corrected chi connectivity index (χ2v) is 7.62. The van der Waals surface area contributed by atoms with Crippen molar-refractivity contribution in [1.29, 1.82) is 5.26 Å². The van der Waals surface area contributed by atoms with Gasteiger partial charge in [0.1, 0.15) is 0 Å². The Morgan fingerprint density at radius 1 is 1.04 bits per heavy atom. The van der Waals surface area contributed by atoms with Gasteiger partial charge in [-0.3, -0.25) is 5.10 Å². The number of hydrogen-bond acceptors (Lipinski definition) is 4. The summed E-state index contributed by atoms with van der Waals surface area (Å²) in [6.45, 7) is 0. The van der Waals surface area contributed by atoms with Gasteiger partial charge >= 0.3 is 0 Å². The van der Waals surface area contributed by atoms with Crippen molar-refractivity contribution >= 4 is 21.4 Å². The van der Waals surface area contributed by atoms with Crippen molar-refractivity contribution in [1.82, 2.24) is 10.2 Å². The van der Waals surface area contributed by atoms with E-state index in [4.69, 9.17) is 16.9 Å². The maximum atomic E-state index is 11.6. The third-order valence-electron chi connectivity index (χ3n) is 3.60. The molecule has 7 heteroatoms. The first-order chi connectivity index (χ1) is 11.4. The van der Waals surface area contributed by atoms with Crippen LogP contribution >= 0.6 is 11.6 Å². The number of H-pyrrole nitrogens is 1. The second-order valence-electron chi connectivity index (χ2n) is 5.25. The highest BCUT2D eigenvalue weighted by Crippen LogP contribution is 2.36. The third-order valence-corrected chi connectivity index (χ3v) is 5.00. The molecule has 1 aromatic heterocycles. The van der Waals surface area contributed by atoms with Crippen LogP contribution in [0.3, 0.4) is 0 Å². The van der Waals surface area contributed by atoms with Crippen LogP contribution in [0.4, 0.5) is 0 Å². The number of rotatable bonds is 3. The molecule has 0 aliphatic carbocycles. The molecule has 2 aromatic carbocycles. The molecule has 1 N–H and O–H groups in total. The summed E-state index contributed by atoms with van der Waals surface area (Å²) in [4.78, 5) is 0.247. The van der Waals surface area contributed by atoms with Crippen molar-refractivity contribution in [3.63, 3.8) is 0 Å². The minimum absolute atomic E-state index is 0.247. The molecular formula is C17H12ClN3O2S. The average molecular weight is 358 g/mol. The number of nitrogens with zero attached hydrogens (tertiary/aromatic N) is 2. The molecule has 0 spiro atoms. The molecular weight excluding hydrogens is 346 g/mol. The van der Waals surface area contributed by atoms with E-state index in [-0.39, 0.29) is 4.90 Å². The largest absolute Gasteiger partial charge is 0.276 e. The highest BCUT2D eigenvalue weighted by Gasteiger charge is 2.16. The van der Waals surface area contributed by atoms with E-state index in [9.17, 15) is 8.42 Å². The van der Waals surface area contributed by atoms with Gasteiger partial charge in [0.25, 0.3) is 0 Å². The predicted molar refractivity (Wildman–Crippen MR) is 92.3 cm³/mol. The lowest BCUT2D eigenvalue weighted by molar-refractivity contribution is 0.602. The van der Waals surface area contributed by atoms with Crippen molar-refractivity contribution < 1.29 is 8.42 Å². The van der Waals surface area contributed by atoms with Crippen LogP contribution in [0.25, 0.3) is 22.4 Å². The van der Waals surface area contributed by atoms with Gasteiger partial charge < -0.3 is 0 Å². The molecule has 3 rings (SSSR count). The van der Waals surface area contributed by atoms with Gasteiger partial charge in [0, 0.05) is 17.4 Å². The van der Waals surface area contributed by atoms with Gasteiger partial charge in [0.15, 0.2) is 15.0 Å². The summed E-state index contributed by atoms with van der Waals surface area (Å²) >= 11 is 6.20. The van der Waals surface area contributed by atoms with Crippen LogP contribution in [-0.4, -0.2) is 24.9 Å². The van der Waals surface area contributed by atoms with Crippen molar-refractivity contribution in [3.8, 4) is 28.5 Å². The standard InChI is InChI=1S/C17H12ClN3O2S/c1-24(22,23)14-8-6-13(7-9-14)16-15(17(18)21-20-16)12-4-2-11(10-19)3-5-12/h2-9H,1H3,(H,20,21). The topological polar surface area (TPSA) is 86.6 Å². The Balaban J connectivity index is 2.08. The fraction of sp³-hybridized carbons (Fsp3) is 0.0588. The molecule has 0 unspecified atom stereocenters. The van der Waals surface area contributed by atoms with Crippen LogP contribution in [0.5, 0.6) is 0 Å². The van der Waals surface area contributed by atoms with Crippen molar-refractivity contribution in [2.75, 3.05) is 6.26 Å². The van der Waals surface area contributed by atoms with E-state index >= 15 is 0 Å². The zero-order valence-corrected chi connectivity index (χ0v) is 14.2. The Hall–Kier alpha value is -2.62. The average Bonchev–Trinajstić information content (AvgIpc) is 2.96. The minimum Gasteiger partial charge on any atom is -0.276 e. The molecule has 0 saturated heterocycles. The molecule has 120 valence electrons. The predicted octanol–water partition coefficient (Wildman–Crippen LogP) is 3.67. The summed E-state index contributed by atoms with van der Waals surface area (Å²) in [5.41, 5.74) is 3.52. The summed E-state index contributed by atoms with van der Waals surface area (Å²) in [6, 6.07) is 15.6. The lowest BCUT2D eigenvalue weighted by atomic mass is 10.0. The third kappa shape index (κ3) is 3.04. The Bertz CT molecular complexity index is 1030. The van der Waals surface area contributed by atoms with E-state index in [1.165, 1.54) is 0 Å². The van der Waals surface area contributed by atoms with E-state index in [1.807, 2.05) is 0 Å². The quantitative estimate of drug-likeness (QED) is 0.774. The van der Waals surface area contributed by atoms with Gasteiger partial charge in [0.05, 0.1) is 22.2 Å². The van der Waals surface area contributed by atoms with Crippen molar-refractivity contribution in [3.05, 3.63) is 59.2 Å². The summed E-state index contributed by atoms with van der Waals surface area (Å²) < 4.78 is 23.1. The van der Waals surface area contributed by atoms with Gasteiger partial charge in [-0.25, -0.2) is 8.42 Å². The molecule has 24 heavy (non-hydrogen) atoms. The van der Waals surface area contributed by atoms with E-state index in [1.54, 1.807) is 48.5 Å². The zero-order chi connectivity index (χ0) is 17.3. The molecule has 1 heterocycles.